The lowest BCUT2D eigenvalue weighted by molar-refractivity contribution is 1.07. The highest BCUT2D eigenvalue weighted by Crippen LogP contribution is 2.35. The molecule has 258 valence electrons. The molecule has 0 aliphatic carbocycles. The van der Waals surface area contributed by atoms with E-state index < -0.39 is 0 Å². The van der Waals surface area contributed by atoms with Crippen LogP contribution in [0.3, 0.4) is 0 Å². The first-order valence-electron chi connectivity index (χ1n) is 18.1. The van der Waals surface area contributed by atoms with Gasteiger partial charge >= 0.3 is 0 Å². The summed E-state index contributed by atoms with van der Waals surface area (Å²) in [7, 11) is 0. The lowest BCUT2D eigenvalue weighted by atomic mass is 10.0. The molecule has 0 fully saturated rings. The van der Waals surface area contributed by atoms with E-state index in [-0.39, 0.29) is 0 Å². The summed E-state index contributed by atoms with van der Waals surface area (Å²) in [6, 6.07) is 59.8. The molecule has 0 amide bonds. The Bertz CT molecular complexity index is 2850. The molecule has 10 rings (SSSR count). The Kier molecular flexibility index (Phi) is 8.00. The summed E-state index contributed by atoms with van der Waals surface area (Å²) in [6.07, 6.45) is 3.60. The van der Waals surface area contributed by atoms with E-state index in [9.17, 15) is 0 Å². The van der Waals surface area contributed by atoms with Gasteiger partial charge in [0.05, 0.1) is 33.8 Å². The minimum absolute atomic E-state index is 0.546. The fourth-order valence-electron chi connectivity index (χ4n) is 7.11. The molecule has 0 saturated carbocycles. The molecular formula is C48H31N7. The number of nitrogens with zero attached hydrogens (tertiary/aromatic N) is 7. The Hall–Kier alpha value is -7.64. The zero-order valence-electron chi connectivity index (χ0n) is 29.5. The van der Waals surface area contributed by atoms with Crippen molar-refractivity contribution in [3.63, 3.8) is 0 Å². The van der Waals surface area contributed by atoms with E-state index in [1.807, 2.05) is 97.2 Å². The number of hydrogen-bond acceptors (Lipinski definition) is 6. The van der Waals surface area contributed by atoms with Gasteiger partial charge in [0.15, 0.2) is 17.5 Å². The van der Waals surface area contributed by atoms with Gasteiger partial charge in [-0.3, -0.25) is 9.97 Å². The van der Waals surface area contributed by atoms with E-state index in [0.717, 1.165) is 56.3 Å². The van der Waals surface area contributed by atoms with Gasteiger partial charge in [-0.1, -0.05) is 115 Å². The molecule has 7 heteroatoms. The van der Waals surface area contributed by atoms with Crippen molar-refractivity contribution >= 4 is 21.8 Å². The van der Waals surface area contributed by atoms with E-state index >= 15 is 0 Å². The molecule has 7 nitrogen and oxygen atoms in total. The molecule has 55 heavy (non-hydrogen) atoms. The number of benzene rings is 5. The van der Waals surface area contributed by atoms with Crippen LogP contribution in [0, 0.1) is 0 Å². The lowest BCUT2D eigenvalue weighted by Gasteiger charge is -2.13. The Balaban J connectivity index is 1.07. The Morgan fingerprint density at radius 2 is 0.873 bits per heavy atom. The number of pyridine rings is 3. The van der Waals surface area contributed by atoms with Gasteiger partial charge < -0.3 is 4.57 Å². The quantitative estimate of drug-likeness (QED) is 0.164. The third kappa shape index (κ3) is 6.09. The topological polar surface area (TPSA) is 82.3 Å². The zero-order valence-corrected chi connectivity index (χ0v) is 29.5. The summed E-state index contributed by atoms with van der Waals surface area (Å²) in [5.41, 5.74) is 11.1. The van der Waals surface area contributed by atoms with E-state index in [1.54, 1.807) is 6.20 Å². The highest BCUT2D eigenvalue weighted by atomic mass is 15.0. The van der Waals surface area contributed by atoms with Crippen LogP contribution in [-0.2, 0) is 0 Å². The van der Waals surface area contributed by atoms with Crippen LogP contribution >= 0.6 is 0 Å². The second kappa shape index (κ2) is 13.7. The predicted octanol–water partition coefficient (Wildman–Crippen LogP) is 11.2. The van der Waals surface area contributed by atoms with Gasteiger partial charge in [-0.05, 0) is 71.8 Å². The van der Waals surface area contributed by atoms with Gasteiger partial charge in [0.25, 0.3) is 0 Å². The molecule has 0 N–H and O–H groups in total. The van der Waals surface area contributed by atoms with Gasteiger partial charge in [0.2, 0.25) is 0 Å². The molecular weight excluding hydrogens is 675 g/mol. The van der Waals surface area contributed by atoms with Gasteiger partial charge in [-0.2, -0.15) is 0 Å². The first-order chi connectivity index (χ1) is 27.2. The third-order valence-electron chi connectivity index (χ3n) is 9.75. The smallest absolute Gasteiger partial charge is 0.165 e. The Labute approximate surface area is 317 Å². The summed E-state index contributed by atoms with van der Waals surface area (Å²) in [5.74, 6) is 1.75. The van der Waals surface area contributed by atoms with Crippen LogP contribution in [0.15, 0.2) is 188 Å². The van der Waals surface area contributed by atoms with Crippen molar-refractivity contribution in [3.05, 3.63) is 188 Å². The molecule has 0 unspecified atom stereocenters. The molecule has 0 saturated heterocycles. The van der Waals surface area contributed by atoms with Crippen molar-refractivity contribution in [2.45, 2.75) is 0 Å². The van der Waals surface area contributed by atoms with Crippen LogP contribution in [0.1, 0.15) is 0 Å². The number of rotatable bonds is 7. The maximum Gasteiger partial charge on any atom is 0.165 e. The predicted molar refractivity (Wildman–Crippen MR) is 220 cm³/mol. The summed E-state index contributed by atoms with van der Waals surface area (Å²) < 4.78 is 2.34. The van der Waals surface area contributed by atoms with Crippen molar-refractivity contribution in [1.82, 2.24) is 34.5 Å². The van der Waals surface area contributed by atoms with E-state index in [2.05, 4.69) is 94.5 Å². The Morgan fingerprint density at radius 3 is 1.45 bits per heavy atom. The SMILES string of the molecule is c1ccc(-c2nc(-c3ccccc3)nc(-c3ccc(-c4cc(-c5cccc(-n6c7ccccc7c7ccccc76)c5)cc(-c5ccccn5)n4)nc3)n2)cc1. The number of hydrogen-bond donors (Lipinski definition) is 0. The Morgan fingerprint density at radius 1 is 0.327 bits per heavy atom. The molecule has 0 radical (unpaired) electrons. The maximum absolute atomic E-state index is 5.09. The van der Waals surface area contributed by atoms with Crippen molar-refractivity contribution in [2.75, 3.05) is 0 Å². The normalized spacial score (nSPS) is 11.3. The first-order valence-corrected chi connectivity index (χ1v) is 18.1. The summed E-state index contributed by atoms with van der Waals surface area (Å²) in [5, 5.41) is 2.46. The van der Waals surface area contributed by atoms with Crippen LogP contribution < -0.4 is 0 Å². The first kappa shape index (κ1) is 32.0. The molecule has 5 aromatic heterocycles. The molecule has 0 bridgehead atoms. The van der Waals surface area contributed by atoms with Gasteiger partial charge in [0.1, 0.15) is 0 Å². The molecule has 0 aliphatic rings. The average molecular weight is 706 g/mol. The van der Waals surface area contributed by atoms with Crippen LogP contribution in [0.4, 0.5) is 0 Å². The second-order valence-corrected chi connectivity index (χ2v) is 13.2. The van der Waals surface area contributed by atoms with E-state index in [4.69, 9.17) is 24.9 Å². The molecule has 0 spiro atoms. The van der Waals surface area contributed by atoms with Crippen LogP contribution in [0.25, 0.3) is 95.6 Å². The highest BCUT2D eigenvalue weighted by molar-refractivity contribution is 6.09. The highest BCUT2D eigenvalue weighted by Gasteiger charge is 2.16. The van der Waals surface area contributed by atoms with Crippen molar-refractivity contribution in [3.8, 4) is 73.8 Å². The van der Waals surface area contributed by atoms with Gasteiger partial charge in [-0.15, -0.1) is 0 Å². The van der Waals surface area contributed by atoms with Crippen LogP contribution in [0.2, 0.25) is 0 Å². The number of para-hydroxylation sites is 2. The fourth-order valence-corrected chi connectivity index (χ4v) is 7.11. The molecule has 5 aromatic carbocycles. The third-order valence-corrected chi connectivity index (χ3v) is 9.75. The molecule has 0 atom stereocenters. The molecule has 0 aliphatic heterocycles. The fraction of sp³-hybridized carbons (Fsp3) is 0. The number of fused-ring (bicyclic) bond motifs is 3. The second-order valence-electron chi connectivity index (χ2n) is 13.2. The zero-order chi connectivity index (χ0) is 36.6. The average Bonchev–Trinajstić information content (AvgIpc) is 3.61. The molecule has 10 aromatic rings. The lowest BCUT2D eigenvalue weighted by Crippen LogP contribution is -2.00. The minimum Gasteiger partial charge on any atom is -0.309 e. The van der Waals surface area contributed by atoms with Gasteiger partial charge in [0, 0.05) is 45.5 Å². The van der Waals surface area contributed by atoms with Gasteiger partial charge in [-0.25, -0.2) is 19.9 Å². The molecule has 5 heterocycles. The summed E-state index contributed by atoms with van der Waals surface area (Å²) in [6.45, 7) is 0. The van der Waals surface area contributed by atoms with E-state index in [0.29, 0.717) is 17.5 Å². The van der Waals surface area contributed by atoms with Crippen molar-refractivity contribution in [2.24, 2.45) is 0 Å². The maximum atomic E-state index is 5.09. The van der Waals surface area contributed by atoms with Crippen molar-refractivity contribution < 1.29 is 0 Å². The van der Waals surface area contributed by atoms with E-state index in [1.165, 1.54) is 21.8 Å². The largest absolute Gasteiger partial charge is 0.309 e. The standard InChI is InChI=1S/C48H31N7/c1-3-14-32(15-4-1)46-52-47(33-16-5-2-6-17-33)54-48(53-46)35-25-26-41(50-31-35)43-30-36(29-42(51-43)40-22-11-12-27-49-40)34-18-13-19-37(28-34)55-44-23-9-7-20-38(44)39-21-8-10-24-45(39)55/h1-31H. The summed E-state index contributed by atoms with van der Waals surface area (Å²) >= 11 is 0. The van der Waals surface area contributed by atoms with Crippen LogP contribution in [0.5, 0.6) is 0 Å². The minimum atomic E-state index is 0.546. The monoisotopic (exact) mass is 705 g/mol. The summed E-state index contributed by atoms with van der Waals surface area (Å²) in [4.78, 5) is 29.3. The van der Waals surface area contributed by atoms with Crippen molar-refractivity contribution in [1.29, 1.82) is 0 Å². The number of aromatic nitrogens is 7. The van der Waals surface area contributed by atoms with Crippen LogP contribution in [-0.4, -0.2) is 34.5 Å².